The number of benzene rings is 2. The average Bonchev–Trinajstić information content (AvgIpc) is 3.18. The SMILES string of the molecule is O=C(c1ccc(S(=O)(=O)Nc2ccc(Cl)cc2)cc1)N1CCC2(CC1)OCCO2. The van der Waals surface area contributed by atoms with Gasteiger partial charge in [0.15, 0.2) is 5.79 Å². The van der Waals surface area contributed by atoms with Crippen molar-refractivity contribution in [3.05, 3.63) is 59.1 Å². The van der Waals surface area contributed by atoms with Crippen LogP contribution in [0.15, 0.2) is 53.4 Å². The lowest BCUT2D eigenvalue weighted by molar-refractivity contribution is -0.181. The van der Waals surface area contributed by atoms with Crippen LogP contribution in [0.3, 0.4) is 0 Å². The van der Waals surface area contributed by atoms with E-state index in [9.17, 15) is 13.2 Å². The second kappa shape index (κ2) is 7.95. The number of piperidine rings is 1. The van der Waals surface area contributed by atoms with E-state index in [4.69, 9.17) is 21.1 Å². The van der Waals surface area contributed by atoms with Crippen molar-refractivity contribution in [2.45, 2.75) is 23.5 Å². The van der Waals surface area contributed by atoms with Crippen molar-refractivity contribution in [3.8, 4) is 0 Å². The van der Waals surface area contributed by atoms with Crippen molar-refractivity contribution in [3.63, 3.8) is 0 Å². The lowest BCUT2D eigenvalue weighted by Crippen LogP contribution is -2.47. The van der Waals surface area contributed by atoms with Gasteiger partial charge in [-0.1, -0.05) is 11.6 Å². The summed E-state index contributed by atoms with van der Waals surface area (Å²) in [6.07, 6.45) is 1.27. The fourth-order valence-corrected chi connectivity index (χ4v) is 4.71. The Kier molecular flexibility index (Phi) is 5.52. The first-order chi connectivity index (χ1) is 13.9. The molecule has 0 aliphatic carbocycles. The number of amides is 1. The summed E-state index contributed by atoms with van der Waals surface area (Å²) >= 11 is 5.82. The number of rotatable bonds is 4. The highest BCUT2D eigenvalue weighted by Gasteiger charge is 2.40. The van der Waals surface area contributed by atoms with E-state index in [2.05, 4.69) is 4.72 Å². The van der Waals surface area contributed by atoms with Gasteiger partial charge in [0.2, 0.25) is 0 Å². The molecule has 2 fully saturated rings. The second-order valence-electron chi connectivity index (χ2n) is 7.04. The predicted molar refractivity (Wildman–Crippen MR) is 108 cm³/mol. The number of nitrogens with zero attached hydrogens (tertiary/aromatic N) is 1. The van der Waals surface area contributed by atoms with Gasteiger partial charge in [0.25, 0.3) is 15.9 Å². The first-order valence-corrected chi connectivity index (χ1v) is 11.2. The highest BCUT2D eigenvalue weighted by molar-refractivity contribution is 7.92. The van der Waals surface area contributed by atoms with Crippen LogP contribution in [0.4, 0.5) is 5.69 Å². The summed E-state index contributed by atoms with van der Waals surface area (Å²) < 4.78 is 38.9. The molecule has 154 valence electrons. The molecule has 9 heteroatoms. The maximum absolute atomic E-state index is 12.8. The van der Waals surface area contributed by atoms with Gasteiger partial charge in [-0.3, -0.25) is 9.52 Å². The van der Waals surface area contributed by atoms with Gasteiger partial charge in [-0.05, 0) is 48.5 Å². The van der Waals surface area contributed by atoms with Gasteiger partial charge in [-0.15, -0.1) is 0 Å². The van der Waals surface area contributed by atoms with E-state index in [0.717, 1.165) is 0 Å². The molecule has 0 radical (unpaired) electrons. The molecule has 2 aliphatic rings. The third kappa shape index (κ3) is 4.40. The molecule has 2 aromatic carbocycles. The molecular formula is C20H21ClN2O5S. The molecule has 2 aliphatic heterocycles. The monoisotopic (exact) mass is 436 g/mol. The highest BCUT2D eigenvalue weighted by atomic mass is 35.5. The molecule has 0 bridgehead atoms. The van der Waals surface area contributed by atoms with Crippen LogP contribution in [0.25, 0.3) is 0 Å². The van der Waals surface area contributed by atoms with Gasteiger partial charge in [0.05, 0.1) is 18.1 Å². The molecule has 0 unspecified atom stereocenters. The summed E-state index contributed by atoms with van der Waals surface area (Å²) in [6, 6.07) is 12.3. The van der Waals surface area contributed by atoms with Crippen molar-refractivity contribution in [1.82, 2.24) is 4.90 Å². The largest absolute Gasteiger partial charge is 0.347 e. The van der Waals surface area contributed by atoms with Crippen LogP contribution in [-0.4, -0.2) is 51.3 Å². The van der Waals surface area contributed by atoms with E-state index in [1.165, 1.54) is 24.3 Å². The van der Waals surface area contributed by atoms with Gasteiger partial charge in [0.1, 0.15) is 0 Å². The number of hydrogen-bond acceptors (Lipinski definition) is 5. The number of likely N-dealkylation sites (tertiary alicyclic amines) is 1. The van der Waals surface area contributed by atoms with Crippen molar-refractivity contribution in [2.75, 3.05) is 31.0 Å². The Hall–Kier alpha value is -2.13. The number of sulfonamides is 1. The van der Waals surface area contributed by atoms with E-state index < -0.39 is 15.8 Å². The number of carbonyl (C=O) groups excluding carboxylic acids is 1. The average molecular weight is 437 g/mol. The van der Waals surface area contributed by atoms with E-state index in [1.807, 2.05) is 0 Å². The van der Waals surface area contributed by atoms with Crippen LogP contribution in [0.5, 0.6) is 0 Å². The maximum atomic E-state index is 12.8. The molecule has 2 saturated heterocycles. The minimum Gasteiger partial charge on any atom is -0.347 e. The fraction of sp³-hybridized carbons (Fsp3) is 0.350. The Morgan fingerprint density at radius 1 is 0.966 bits per heavy atom. The van der Waals surface area contributed by atoms with E-state index in [-0.39, 0.29) is 10.8 Å². The zero-order chi connectivity index (χ0) is 20.5. The molecule has 0 atom stereocenters. The van der Waals surface area contributed by atoms with Crippen LogP contribution in [0.2, 0.25) is 5.02 Å². The number of carbonyl (C=O) groups is 1. The summed E-state index contributed by atoms with van der Waals surface area (Å²) in [5.74, 6) is -0.672. The molecule has 2 heterocycles. The third-order valence-electron chi connectivity index (χ3n) is 5.13. The minimum atomic E-state index is -3.76. The van der Waals surface area contributed by atoms with Gasteiger partial charge in [-0.25, -0.2) is 8.42 Å². The summed E-state index contributed by atoms with van der Waals surface area (Å²) in [5, 5.41) is 0.519. The van der Waals surface area contributed by atoms with Crippen LogP contribution < -0.4 is 4.72 Å². The van der Waals surface area contributed by atoms with Crippen molar-refractivity contribution >= 4 is 33.2 Å². The lowest BCUT2D eigenvalue weighted by Gasteiger charge is -2.37. The van der Waals surface area contributed by atoms with Crippen LogP contribution >= 0.6 is 11.6 Å². The molecule has 1 spiro atoms. The number of ether oxygens (including phenoxy) is 2. The van der Waals surface area contributed by atoms with E-state index in [0.29, 0.717) is 55.4 Å². The number of hydrogen-bond donors (Lipinski definition) is 1. The zero-order valence-electron chi connectivity index (χ0n) is 15.6. The molecule has 4 rings (SSSR count). The topological polar surface area (TPSA) is 84.9 Å². The number of halogens is 1. The first-order valence-electron chi connectivity index (χ1n) is 9.33. The molecule has 7 nitrogen and oxygen atoms in total. The summed E-state index contributed by atoms with van der Waals surface area (Å²) in [6.45, 7) is 2.26. The van der Waals surface area contributed by atoms with Crippen molar-refractivity contribution in [1.29, 1.82) is 0 Å². The lowest BCUT2D eigenvalue weighted by atomic mass is 10.0. The van der Waals surface area contributed by atoms with E-state index in [1.54, 1.807) is 29.2 Å². The quantitative estimate of drug-likeness (QED) is 0.795. The second-order valence-corrected chi connectivity index (χ2v) is 9.16. The molecular weight excluding hydrogens is 416 g/mol. The molecule has 29 heavy (non-hydrogen) atoms. The number of nitrogens with one attached hydrogen (secondary N) is 1. The Bertz CT molecular complexity index is 977. The van der Waals surface area contributed by atoms with Crippen LogP contribution in [0.1, 0.15) is 23.2 Å². The van der Waals surface area contributed by atoms with Crippen LogP contribution in [-0.2, 0) is 19.5 Å². The maximum Gasteiger partial charge on any atom is 0.261 e. The first kappa shape index (κ1) is 20.2. The smallest absolute Gasteiger partial charge is 0.261 e. The van der Waals surface area contributed by atoms with Crippen LogP contribution in [0, 0.1) is 0 Å². The van der Waals surface area contributed by atoms with Gasteiger partial charge < -0.3 is 14.4 Å². The zero-order valence-corrected chi connectivity index (χ0v) is 17.2. The van der Waals surface area contributed by atoms with Crippen molar-refractivity contribution < 1.29 is 22.7 Å². The van der Waals surface area contributed by atoms with E-state index >= 15 is 0 Å². The predicted octanol–water partition coefficient (Wildman–Crippen LogP) is 3.12. The fourth-order valence-electron chi connectivity index (χ4n) is 3.53. The van der Waals surface area contributed by atoms with Gasteiger partial charge in [0, 0.05) is 42.2 Å². The molecule has 0 saturated carbocycles. The Labute approximate surface area is 174 Å². The normalized spacial score (nSPS) is 18.7. The molecule has 1 N–H and O–H groups in total. The summed E-state index contributed by atoms with van der Waals surface area (Å²) in [5.41, 5.74) is 0.854. The highest BCUT2D eigenvalue weighted by Crippen LogP contribution is 2.31. The Morgan fingerprint density at radius 3 is 2.14 bits per heavy atom. The van der Waals surface area contributed by atoms with Crippen molar-refractivity contribution in [2.24, 2.45) is 0 Å². The van der Waals surface area contributed by atoms with Gasteiger partial charge >= 0.3 is 0 Å². The third-order valence-corrected chi connectivity index (χ3v) is 6.78. The minimum absolute atomic E-state index is 0.0781. The summed E-state index contributed by atoms with van der Waals surface area (Å²) in [4.78, 5) is 14.6. The standard InChI is InChI=1S/C20H21ClN2O5S/c21-16-3-5-17(6-4-16)22-29(25,26)18-7-1-15(2-8-18)19(24)23-11-9-20(10-12-23)27-13-14-28-20/h1-8,22H,9-14H2. The van der Waals surface area contributed by atoms with Gasteiger partial charge in [-0.2, -0.15) is 0 Å². The molecule has 0 aromatic heterocycles. The molecule has 2 aromatic rings. The Morgan fingerprint density at radius 2 is 1.55 bits per heavy atom. The Balaban J connectivity index is 1.42. The number of anilines is 1. The summed E-state index contributed by atoms with van der Waals surface area (Å²) in [7, 11) is -3.76. The molecule has 1 amide bonds.